The Kier molecular flexibility index (Phi) is 4.16. The maximum atomic E-state index is 14.1. The van der Waals surface area contributed by atoms with E-state index in [9.17, 15) is 9.18 Å². The van der Waals surface area contributed by atoms with Gasteiger partial charge in [0.2, 0.25) is 5.95 Å². The van der Waals surface area contributed by atoms with E-state index in [2.05, 4.69) is 15.0 Å². The molecule has 1 aliphatic heterocycles. The summed E-state index contributed by atoms with van der Waals surface area (Å²) in [5, 5.41) is 8.79. The summed E-state index contributed by atoms with van der Waals surface area (Å²) in [6, 6.07) is 4.54. The molecular formula is C16H17FN6O. The average Bonchev–Trinajstić information content (AvgIpc) is 3.03. The third kappa shape index (κ3) is 3.06. The summed E-state index contributed by atoms with van der Waals surface area (Å²) in [7, 11) is 3.61. The molecule has 1 N–H and O–H groups in total. The summed E-state index contributed by atoms with van der Waals surface area (Å²) in [4.78, 5) is 26.6. The van der Waals surface area contributed by atoms with Crippen molar-refractivity contribution in [3.05, 3.63) is 45.8 Å². The quantitative estimate of drug-likeness (QED) is 0.912. The van der Waals surface area contributed by atoms with E-state index in [-0.39, 0.29) is 22.9 Å². The summed E-state index contributed by atoms with van der Waals surface area (Å²) in [6.45, 7) is 1.14. The Labute approximate surface area is 138 Å². The van der Waals surface area contributed by atoms with Crippen LogP contribution < -0.4 is 15.4 Å². The zero-order chi connectivity index (χ0) is 17.3. The molecule has 0 saturated carbocycles. The molecule has 1 atom stereocenters. The van der Waals surface area contributed by atoms with E-state index < -0.39 is 5.82 Å². The molecule has 0 aromatic carbocycles. The van der Waals surface area contributed by atoms with E-state index in [0.717, 1.165) is 6.42 Å². The van der Waals surface area contributed by atoms with Crippen molar-refractivity contribution in [1.82, 2.24) is 15.0 Å². The predicted octanol–water partition coefficient (Wildman–Crippen LogP) is 1.24. The van der Waals surface area contributed by atoms with Crippen LogP contribution >= 0.6 is 0 Å². The van der Waals surface area contributed by atoms with Gasteiger partial charge < -0.3 is 9.80 Å². The number of H-pyrrole nitrogens is 1. The molecule has 2 aromatic heterocycles. The first-order valence-corrected chi connectivity index (χ1v) is 7.57. The Bertz CT molecular complexity index is 856. The molecule has 1 saturated heterocycles. The Morgan fingerprint density at radius 1 is 1.46 bits per heavy atom. The predicted molar refractivity (Wildman–Crippen MR) is 87.7 cm³/mol. The van der Waals surface area contributed by atoms with Gasteiger partial charge in [-0.1, -0.05) is 0 Å². The maximum absolute atomic E-state index is 14.1. The summed E-state index contributed by atoms with van der Waals surface area (Å²) < 4.78 is 14.1. The van der Waals surface area contributed by atoms with Crippen molar-refractivity contribution in [3.8, 4) is 6.07 Å². The second-order valence-corrected chi connectivity index (χ2v) is 5.96. The second-order valence-electron chi connectivity index (χ2n) is 5.96. The minimum Gasteiger partial charge on any atom is -0.353 e. The van der Waals surface area contributed by atoms with Gasteiger partial charge in [-0.2, -0.15) is 5.26 Å². The Balaban J connectivity index is 1.83. The summed E-state index contributed by atoms with van der Waals surface area (Å²) in [6.07, 6.45) is 2.12. The Hall–Kier alpha value is -2.95. The molecule has 8 heteroatoms. The highest BCUT2D eigenvalue weighted by Gasteiger charge is 2.28. The molecule has 124 valence electrons. The van der Waals surface area contributed by atoms with Crippen molar-refractivity contribution in [3.63, 3.8) is 0 Å². The van der Waals surface area contributed by atoms with Crippen LogP contribution in [0.2, 0.25) is 0 Å². The van der Waals surface area contributed by atoms with Gasteiger partial charge in [0.1, 0.15) is 6.07 Å². The molecular weight excluding hydrogens is 311 g/mol. The van der Waals surface area contributed by atoms with Crippen LogP contribution in [0.25, 0.3) is 0 Å². The number of anilines is 2. The molecule has 0 bridgehead atoms. The fourth-order valence-corrected chi connectivity index (χ4v) is 2.80. The highest BCUT2D eigenvalue weighted by molar-refractivity contribution is 5.45. The summed E-state index contributed by atoms with van der Waals surface area (Å²) in [5.74, 6) is 0.248. The monoisotopic (exact) mass is 328 g/mol. The minimum atomic E-state index is -0.512. The van der Waals surface area contributed by atoms with Crippen molar-refractivity contribution in [2.24, 2.45) is 0 Å². The number of aromatic nitrogens is 3. The first-order chi connectivity index (χ1) is 11.5. The maximum Gasteiger partial charge on any atom is 0.252 e. The van der Waals surface area contributed by atoms with Crippen molar-refractivity contribution in [1.29, 1.82) is 5.26 Å². The molecule has 1 aliphatic rings. The van der Waals surface area contributed by atoms with Gasteiger partial charge in [-0.3, -0.25) is 9.78 Å². The number of nitrogens with zero attached hydrogens (tertiary/aromatic N) is 5. The molecule has 2 aromatic rings. The normalized spacial score (nSPS) is 16.9. The number of hydrogen-bond donors (Lipinski definition) is 1. The fourth-order valence-electron chi connectivity index (χ4n) is 2.80. The number of nitrogens with one attached hydrogen (secondary N) is 1. The van der Waals surface area contributed by atoms with Gasteiger partial charge in [-0.15, -0.1) is 0 Å². The number of rotatable bonds is 3. The lowest BCUT2D eigenvalue weighted by atomic mass is 10.1. The number of nitriles is 1. The molecule has 3 heterocycles. The minimum absolute atomic E-state index is 0.0304. The molecule has 0 radical (unpaired) electrons. The molecule has 0 spiro atoms. The Morgan fingerprint density at radius 2 is 2.25 bits per heavy atom. The van der Waals surface area contributed by atoms with Gasteiger partial charge in [-0.05, 0) is 12.5 Å². The standard InChI is InChI=1S/C16H17FN6O/c1-22(2)16-20-13(6-14(24)21-16)11-3-4-23(9-11)15-12(17)5-10(7-18)8-19-15/h5-6,8,11H,3-4,9H2,1-2H3,(H,20,21,24). The van der Waals surface area contributed by atoms with Crippen LogP contribution in [0, 0.1) is 17.1 Å². The van der Waals surface area contributed by atoms with Gasteiger partial charge in [0.25, 0.3) is 5.56 Å². The Morgan fingerprint density at radius 3 is 2.92 bits per heavy atom. The second kappa shape index (κ2) is 6.28. The van der Waals surface area contributed by atoms with Crippen molar-refractivity contribution >= 4 is 11.8 Å². The highest BCUT2D eigenvalue weighted by atomic mass is 19.1. The summed E-state index contributed by atoms with van der Waals surface area (Å²) >= 11 is 0. The van der Waals surface area contributed by atoms with Crippen LogP contribution in [0.4, 0.5) is 16.2 Å². The smallest absolute Gasteiger partial charge is 0.252 e. The number of pyridine rings is 1. The van der Waals surface area contributed by atoms with Crippen molar-refractivity contribution < 1.29 is 4.39 Å². The summed E-state index contributed by atoms with van der Waals surface area (Å²) in [5.41, 5.74) is 0.683. The van der Waals surface area contributed by atoms with Gasteiger partial charge in [0.05, 0.1) is 11.3 Å². The van der Waals surface area contributed by atoms with Crippen molar-refractivity contribution in [2.75, 3.05) is 37.0 Å². The van der Waals surface area contributed by atoms with Crippen LogP contribution in [0.1, 0.15) is 23.6 Å². The van der Waals surface area contributed by atoms with E-state index in [4.69, 9.17) is 5.26 Å². The van der Waals surface area contributed by atoms with Gasteiger partial charge in [-0.25, -0.2) is 14.4 Å². The van der Waals surface area contributed by atoms with Crippen LogP contribution in [-0.4, -0.2) is 42.1 Å². The number of aromatic amines is 1. The topological polar surface area (TPSA) is 88.9 Å². The van der Waals surface area contributed by atoms with E-state index in [0.29, 0.717) is 24.7 Å². The molecule has 1 fully saturated rings. The lowest BCUT2D eigenvalue weighted by Crippen LogP contribution is -2.23. The first kappa shape index (κ1) is 15.9. The zero-order valence-electron chi connectivity index (χ0n) is 13.5. The molecule has 0 aliphatic carbocycles. The molecule has 24 heavy (non-hydrogen) atoms. The van der Waals surface area contributed by atoms with E-state index in [1.807, 2.05) is 11.0 Å². The van der Waals surface area contributed by atoms with Gasteiger partial charge in [0.15, 0.2) is 11.6 Å². The third-order valence-electron chi connectivity index (χ3n) is 4.03. The van der Waals surface area contributed by atoms with E-state index in [1.165, 1.54) is 18.3 Å². The zero-order valence-corrected chi connectivity index (χ0v) is 13.5. The fraction of sp³-hybridized carbons (Fsp3) is 0.375. The lowest BCUT2D eigenvalue weighted by Gasteiger charge is -2.18. The van der Waals surface area contributed by atoms with Gasteiger partial charge >= 0.3 is 0 Å². The van der Waals surface area contributed by atoms with Crippen LogP contribution in [0.15, 0.2) is 23.1 Å². The third-order valence-corrected chi connectivity index (χ3v) is 4.03. The molecule has 7 nitrogen and oxygen atoms in total. The largest absolute Gasteiger partial charge is 0.353 e. The molecule has 0 amide bonds. The van der Waals surface area contributed by atoms with E-state index >= 15 is 0 Å². The van der Waals surface area contributed by atoms with E-state index in [1.54, 1.807) is 19.0 Å². The number of hydrogen-bond acceptors (Lipinski definition) is 6. The highest BCUT2D eigenvalue weighted by Crippen LogP contribution is 2.30. The number of halogens is 1. The van der Waals surface area contributed by atoms with Gasteiger partial charge in [0, 0.05) is 45.4 Å². The average molecular weight is 328 g/mol. The van der Waals surface area contributed by atoms with Crippen molar-refractivity contribution in [2.45, 2.75) is 12.3 Å². The molecule has 1 unspecified atom stereocenters. The first-order valence-electron chi connectivity index (χ1n) is 7.57. The van der Waals surface area contributed by atoms with Crippen LogP contribution in [0.3, 0.4) is 0 Å². The molecule has 3 rings (SSSR count). The SMILES string of the molecule is CN(C)c1nc(C2CCN(c3ncc(C#N)cc3F)C2)cc(=O)[nH]1. The van der Waals surface area contributed by atoms with Crippen LogP contribution in [0.5, 0.6) is 0 Å². The lowest BCUT2D eigenvalue weighted by molar-refractivity contribution is 0.614. The van der Waals surface area contributed by atoms with Crippen LogP contribution in [-0.2, 0) is 0 Å².